The largest absolute Gasteiger partial charge is 0.483 e. The topological polar surface area (TPSA) is 88.6 Å². The van der Waals surface area contributed by atoms with Crippen LogP contribution in [0.15, 0.2) is 48.7 Å². The normalized spacial score (nSPS) is 16.1. The van der Waals surface area contributed by atoms with Crippen molar-refractivity contribution in [1.29, 1.82) is 5.41 Å². The van der Waals surface area contributed by atoms with Gasteiger partial charge in [-0.3, -0.25) is 9.30 Å². The molecule has 0 saturated carbocycles. The van der Waals surface area contributed by atoms with Gasteiger partial charge in [0.25, 0.3) is 0 Å². The maximum atomic E-state index is 14.2. The predicted octanol–water partition coefficient (Wildman–Crippen LogP) is 5.08. The van der Waals surface area contributed by atoms with Gasteiger partial charge in [-0.15, -0.1) is 10.2 Å². The number of likely N-dealkylation sites (tertiary alicyclic amines) is 1. The average Bonchev–Trinajstić information content (AvgIpc) is 3.44. The van der Waals surface area contributed by atoms with Gasteiger partial charge in [0.2, 0.25) is 0 Å². The number of hydrogen-bond donors (Lipinski definition) is 1. The Hall–Kier alpha value is -3.57. The summed E-state index contributed by atoms with van der Waals surface area (Å²) in [6, 6.07) is 10.3. The average molecular weight is 513 g/mol. The van der Waals surface area contributed by atoms with Crippen molar-refractivity contribution < 1.29 is 22.6 Å². The molecule has 1 fully saturated rings. The molecule has 1 aliphatic rings. The summed E-state index contributed by atoms with van der Waals surface area (Å²) >= 11 is 0. The van der Waals surface area contributed by atoms with Crippen LogP contribution in [-0.2, 0) is 4.74 Å². The molecule has 0 bridgehead atoms. The van der Waals surface area contributed by atoms with Crippen LogP contribution >= 0.6 is 0 Å². The molecule has 1 saturated heterocycles. The molecule has 4 aromatic rings. The monoisotopic (exact) mass is 512 g/mol. The number of methoxy groups -OCH3 is 1. The summed E-state index contributed by atoms with van der Waals surface area (Å²) in [6.45, 7) is 4.37. The second-order valence-electron chi connectivity index (χ2n) is 9.80. The summed E-state index contributed by atoms with van der Waals surface area (Å²) in [6.07, 6.45) is -2.75. The van der Waals surface area contributed by atoms with E-state index >= 15 is 0 Å². The van der Waals surface area contributed by atoms with Crippen molar-refractivity contribution in [2.24, 2.45) is 0 Å². The van der Waals surface area contributed by atoms with Crippen LogP contribution in [0.2, 0.25) is 0 Å². The molecule has 1 atom stereocenters. The molecule has 0 radical (unpaired) electrons. The molecule has 0 aliphatic carbocycles. The van der Waals surface area contributed by atoms with Crippen LogP contribution in [0.25, 0.3) is 28.1 Å². The van der Waals surface area contributed by atoms with Crippen LogP contribution in [0, 0.1) is 5.41 Å². The van der Waals surface area contributed by atoms with Crippen molar-refractivity contribution in [2.45, 2.75) is 38.1 Å². The van der Waals surface area contributed by atoms with E-state index in [0.29, 0.717) is 47.2 Å². The van der Waals surface area contributed by atoms with Gasteiger partial charge in [0.1, 0.15) is 28.6 Å². The first-order chi connectivity index (χ1) is 17.6. The number of alkyl halides is 3. The SMILES string of the molecule is COCC(C)(C)Oc1cccc2ccc(-c3nnc4ccc([C@@H](N5CCC(=N)C5)C(F)(F)F)cn34)nc12. The minimum absolute atomic E-state index is 0.00826. The van der Waals surface area contributed by atoms with Crippen LogP contribution in [-0.4, -0.2) is 68.8 Å². The maximum absolute atomic E-state index is 14.2. The van der Waals surface area contributed by atoms with Crippen molar-refractivity contribution in [2.75, 3.05) is 26.8 Å². The second-order valence-corrected chi connectivity index (χ2v) is 9.80. The fourth-order valence-corrected chi connectivity index (χ4v) is 4.75. The van der Waals surface area contributed by atoms with E-state index in [9.17, 15) is 13.2 Å². The fraction of sp³-hybridized carbons (Fsp3) is 0.385. The van der Waals surface area contributed by atoms with E-state index in [2.05, 4.69) is 10.2 Å². The molecule has 0 spiro atoms. The first-order valence-electron chi connectivity index (χ1n) is 11.9. The summed E-state index contributed by atoms with van der Waals surface area (Å²) < 4.78 is 55.4. The van der Waals surface area contributed by atoms with Gasteiger partial charge in [0.15, 0.2) is 11.5 Å². The summed E-state index contributed by atoms with van der Waals surface area (Å²) in [5.41, 5.74) is 1.20. The van der Waals surface area contributed by atoms with Gasteiger partial charge in [-0.25, -0.2) is 4.98 Å². The molecule has 1 N–H and O–H groups in total. The van der Waals surface area contributed by atoms with Gasteiger partial charge in [0.05, 0.1) is 6.61 Å². The summed E-state index contributed by atoms with van der Waals surface area (Å²) in [7, 11) is 1.60. The molecule has 8 nitrogen and oxygen atoms in total. The molecule has 0 amide bonds. The molecule has 1 aromatic carbocycles. The van der Waals surface area contributed by atoms with Crippen LogP contribution in [0.3, 0.4) is 0 Å². The minimum Gasteiger partial charge on any atom is -0.483 e. The zero-order valence-corrected chi connectivity index (χ0v) is 20.7. The maximum Gasteiger partial charge on any atom is 0.408 e. The zero-order valence-electron chi connectivity index (χ0n) is 20.7. The number of rotatable bonds is 7. The number of fused-ring (bicyclic) bond motifs is 2. The first kappa shape index (κ1) is 25.1. The van der Waals surface area contributed by atoms with Gasteiger partial charge < -0.3 is 14.9 Å². The van der Waals surface area contributed by atoms with Crippen LogP contribution in [0.5, 0.6) is 5.75 Å². The Bertz CT molecular complexity index is 1470. The van der Waals surface area contributed by atoms with Gasteiger partial charge in [-0.05, 0) is 44.0 Å². The highest BCUT2D eigenvalue weighted by molar-refractivity contribution is 5.86. The van der Waals surface area contributed by atoms with Crippen molar-refractivity contribution in [3.05, 3.63) is 54.2 Å². The van der Waals surface area contributed by atoms with Crippen LogP contribution in [0.4, 0.5) is 13.2 Å². The van der Waals surface area contributed by atoms with E-state index in [1.807, 2.05) is 38.1 Å². The van der Waals surface area contributed by atoms with Crippen molar-refractivity contribution in [3.63, 3.8) is 0 Å². The Balaban J connectivity index is 1.58. The van der Waals surface area contributed by atoms with Gasteiger partial charge >= 0.3 is 6.18 Å². The Labute approximate surface area is 211 Å². The fourth-order valence-electron chi connectivity index (χ4n) is 4.75. The highest BCUT2D eigenvalue weighted by Gasteiger charge is 2.46. The summed E-state index contributed by atoms with van der Waals surface area (Å²) in [5.74, 6) is 0.879. The highest BCUT2D eigenvalue weighted by atomic mass is 19.4. The lowest BCUT2D eigenvalue weighted by molar-refractivity contribution is -0.183. The van der Waals surface area contributed by atoms with E-state index in [0.717, 1.165) is 5.39 Å². The molecule has 1 aliphatic heterocycles. The lowest BCUT2D eigenvalue weighted by Gasteiger charge is -2.29. The molecule has 0 unspecified atom stereocenters. The Morgan fingerprint density at radius 2 is 1.89 bits per heavy atom. The molecular formula is C26H27F3N6O2. The minimum atomic E-state index is -4.51. The van der Waals surface area contributed by atoms with Gasteiger partial charge in [0, 0.05) is 37.5 Å². The number of nitrogens with one attached hydrogen (secondary N) is 1. The smallest absolute Gasteiger partial charge is 0.408 e. The quantitative estimate of drug-likeness (QED) is 0.372. The predicted molar refractivity (Wildman–Crippen MR) is 133 cm³/mol. The standard InChI is InChI=1S/C26H27F3N6O2/c1-25(2,15-36-3)37-20-6-4-5-16-7-9-19(31-22(16)20)24-33-32-21-10-8-17(13-35(21)24)23(26(27,28)29)34-12-11-18(30)14-34/h4-10,13,23,30H,11-12,14-15H2,1-3H3/t23-/m1/s1. The van der Waals surface area contributed by atoms with E-state index < -0.39 is 17.8 Å². The number of pyridine rings is 2. The molecule has 194 valence electrons. The van der Waals surface area contributed by atoms with Crippen LogP contribution < -0.4 is 4.74 Å². The second kappa shape index (κ2) is 9.38. The molecule has 37 heavy (non-hydrogen) atoms. The van der Waals surface area contributed by atoms with Gasteiger partial charge in [-0.1, -0.05) is 24.3 Å². The third-order valence-electron chi connectivity index (χ3n) is 6.30. The lowest BCUT2D eigenvalue weighted by atomic mass is 10.1. The molecule has 11 heteroatoms. The highest BCUT2D eigenvalue weighted by Crippen LogP contribution is 2.39. The summed E-state index contributed by atoms with van der Waals surface area (Å²) in [4.78, 5) is 6.06. The van der Waals surface area contributed by atoms with Gasteiger partial charge in [-0.2, -0.15) is 13.2 Å². The number of para-hydroxylation sites is 1. The Morgan fingerprint density at radius 1 is 1.08 bits per heavy atom. The molecule has 5 rings (SSSR count). The number of halogens is 3. The number of benzene rings is 1. The lowest BCUT2D eigenvalue weighted by Crippen LogP contribution is -2.37. The third kappa shape index (κ3) is 5.01. The van der Waals surface area contributed by atoms with E-state index in [1.165, 1.54) is 27.6 Å². The number of nitrogens with zero attached hydrogens (tertiary/aromatic N) is 5. The van der Waals surface area contributed by atoms with Crippen molar-refractivity contribution in [3.8, 4) is 17.3 Å². The van der Waals surface area contributed by atoms with Crippen molar-refractivity contribution in [1.82, 2.24) is 24.5 Å². The van der Waals surface area contributed by atoms with E-state index in [1.54, 1.807) is 13.2 Å². The first-order valence-corrected chi connectivity index (χ1v) is 11.9. The van der Waals surface area contributed by atoms with E-state index in [-0.39, 0.29) is 18.7 Å². The number of hydrogen-bond acceptors (Lipinski definition) is 7. The number of aromatic nitrogens is 4. The van der Waals surface area contributed by atoms with E-state index in [4.69, 9.17) is 19.9 Å². The Kier molecular flexibility index (Phi) is 6.36. The Morgan fingerprint density at radius 3 is 2.59 bits per heavy atom. The molecule has 4 heterocycles. The zero-order chi connectivity index (χ0) is 26.4. The molecular weight excluding hydrogens is 485 g/mol. The van der Waals surface area contributed by atoms with Crippen LogP contribution in [0.1, 0.15) is 31.9 Å². The van der Waals surface area contributed by atoms with Crippen molar-refractivity contribution >= 4 is 22.3 Å². The number of ether oxygens (including phenoxy) is 2. The summed E-state index contributed by atoms with van der Waals surface area (Å²) in [5, 5.41) is 17.0. The third-order valence-corrected chi connectivity index (χ3v) is 6.30. The molecule has 3 aromatic heterocycles.